The van der Waals surface area contributed by atoms with Crippen molar-refractivity contribution in [3.8, 4) is 0 Å². The molecule has 0 radical (unpaired) electrons. The number of aliphatic carboxylic acids is 1. The lowest BCUT2D eigenvalue weighted by atomic mass is 10.0. The second kappa shape index (κ2) is 43.7. The summed E-state index contributed by atoms with van der Waals surface area (Å²) in [5.74, 6) is -1.75. The summed E-state index contributed by atoms with van der Waals surface area (Å²) in [6.45, 7) is 4.55. The average Bonchev–Trinajstić information content (AvgIpc) is 3.22. The number of rotatable bonds is 44. The van der Waals surface area contributed by atoms with E-state index in [0.29, 0.717) is 12.8 Å². The van der Waals surface area contributed by atoms with Crippen LogP contribution in [0.5, 0.6) is 0 Å². The number of ether oxygens (including phenoxy) is 3. The lowest BCUT2D eigenvalue weighted by molar-refractivity contribution is -0.889. The van der Waals surface area contributed by atoms with Gasteiger partial charge in [0.05, 0.1) is 40.3 Å². The van der Waals surface area contributed by atoms with Crippen LogP contribution in [-0.4, -0.2) is 75.5 Å². The van der Waals surface area contributed by atoms with Gasteiger partial charge in [0.15, 0.2) is 6.10 Å². The Labute approximate surface area is 375 Å². The first-order chi connectivity index (χ1) is 29.6. The van der Waals surface area contributed by atoms with Crippen LogP contribution in [0.2, 0.25) is 0 Å². The van der Waals surface area contributed by atoms with E-state index < -0.39 is 18.1 Å². The third-order valence-corrected chi connectivity index (χ3v) is 10.9. The maximum Gasteiger partial charge on any atom is 0.306 e. The summed E-state index contributed by atoms with van der Waals surface area (Å²) in [5, 5.41) is 11.6. The zero-order valence-corrected chi connectivity index (χ0v) is 40.1. The van der Waals surface area contributed by atoms with Crippen molar-refractivity contribution < 1.29 is 38.2 Å². The van der Waals surface area contributed by atoms with Crippen LogP contribution in [0.3, 0.4) is 0 Å². The Morgan fingerprint density at radius 3 is 1.36 bits per heavy atom. The first-order valence-corrected chi connectivity index (χ1v) is 24.8. The first kappa shape index (κ1) is 58.0. The van der Waals surface area contributed by atoms with E-state index in [-0.39, 0.29) is 42.7 Å². The van der Waals surface area contributed by atoms with Crippen LogP contribution in [0, 0.1) is 0 Å². The predicted octanol–water partition coefficient (Wildman–Crippen LogP) is 12.8. The molecule has 8 heteroatoms. The van der Waals surface area contributed by atoms with Crippen molar-refractivity contribution in [1.29, 1.82) is 0 Å². The molecule has 8 nitrogen and oxygen atoms in total. The van der Waals surface area contributed by atoms with Gasteiger partial charge in [-0.2, -0.15) is 0 Å². The van der Waals surface area contributed by atoms with Gasteiger partial charge >= 0.3 is 11.9 Å². The fourth-order valence-corrected chi connectivity index (χ4v) is 7.10. The molecule has 0 aliphatic rings. The molecule has 2 unspecified atom stereocenters. The average molecular weight is 856 g/mol. The number of carboxylic acids is 1. The molecule has 0 saturated carbocycles. The molecular weight excluding hydrogens is 763 g/mol. The van der Waals surface area contributed by atoms with Crippen molar-refractivity contribution in [3.05, 3.63) is 60.8 Å². The van der Waals surface area contributed by atoms with Crippen molar-refractivity contribution >= 4 is 17.9 Å². The number of esters is 2. The molecule has 0 amide bonds. The summed E-state index contributed by atoms with van der Waals surface area (Å²) >= 11 is 0. The summed E-state index contributed by atoms with van der Waals surface area (Å²) in [4.78, 5) is 37.0. The Kier molecular flexibility index (Phi) is 41.5. The van der Waals surface area contributed by atoms with Gasteiger partial charge in [-0.3, -0.25) is 9.59 Å². The number of hydrogen-bond acceptors (Lipinski definition) is 7. The molecule has 0 aromatic carbocycles. The Hall–Kier alpha value is -2.97. The summed E-state index contributed by atoms with van der Waals surface area (Å²) in [5.41, 5.74) is 0. The van der Waals surface area contributed by atoms with E-state index >= 15 is 0 Å². The van der Waals surface area contributed by atoms with Crippen molar-refractivity contribution in [1.82, 2.24) is 0 Å². The van der Waals surface area contributed by atoms with Gasteiger partial charge in [-0.25, -0.2) is 0 Å². The number of nitrogens with zero attached hydrogens (tertiary/aromatic N) is 1. The van der Waals surface area contributed by atoms with E-state index in [1.807, 2.05) is 0 Å². The summed E-state index contributed by atoms with van der Waals surface area (Å²) < 4.78 is 17.2. The Morgan fingerprint density at radius 1 is 0.508 bits per heavy atom. The Bertz CT molecular complexity index is 1180. The monoisotopic (exact) mass is 856 g/mol. The van der Waals surface area contributed by atoms with Gasteiger partial charge in [-0.05, 0) is 57.8 Å². The van der Waals surface area contributed by atoms with Crippen LogP contribution in [0.25, 0.3) is 0 Å². The van der Waals surface area contributed by atoms with Gasteiger partial charge in [0.1, 0.15) is 12.6 Å². The lowest BCUT2D eigenvalue weighted by Gasteiger charge is -2.34. The van der Waals surface area contributed by atoms with Gasteiger partial charge in [0.25, 0.3) is 0 Å². The molecule has 0 aliphatic heterocycles. The largest absolute Gasteiger partial charge is 0.544 e. The Balaban J connectivity index is 4.28. The first-order valence-electron chi connectivity index (χ1n) is 24.8. The van der Waals surface area contributed by atoms with Gasteiger partial charge in [-0.15, -0.1) is 0 Å². The zero-order chi connectivity index (χ0) is 44.9. The van der Waals surface area contributed by atoms with Crippen LogP contribution >= 0.6 is 0 Å². The van der Waals surface area contributed by atoms with Gasteiger partial charge in [-0.1, -0.05) is 190 Å². The molecule has 0 aliphatic carbocycles. The number of unbranched alkanes of at least 4 members (excludes halogenated alkanes) is 20. The molecule has 0 saturated heterocycles. The van der Waals surface area contributed by atoms with E-state index in [1.165, 1.54) is 89.9 Å². The highest BCUT2D eigenvalue weighted by Crippen LogP contribution is 2.15. The third kappa shape index (κ3) is 42.1. The second-order valence-electron chi connectivity index (χ2n) is 17.7. The number of likely N-dealkylation sites (N-methyl/N-ethyl adjacent to an activating group) is 1. The fourth-order valence-electron chi connectivity index (χ4n) is 7.10. The second-order valence-corrected chi connectivity index (χ2v) is 17.7. The normalized spacial score (nSPS) is 13.4. The molecule has 0 spiro atoms. The lowest BCUT2D eigenvalue weighted by Crippen LogP contribution is -2.55. The highest BCUT2D eigenvalue weighted by atomic mass is 16.6. The van der Waals surface area contributed by atoms with E-state index in [0.717, 1.165) is 83.5 Å². The topological polar surface area (TPSA) is 102 Å². The molecule has 61 heavy (non-hydrogen) atoms. The maximum absolute atomic E-state index is 12.8. The van der Waals surface area contributed by atoms with E-state index in [9.17, 15) is 19.5 Å². The molecule has 0 aromatic rings. The highest BCUT2D eigenvalue weighted by molar-refractivity contribution is 5.70. The molecule has 2 atom stereocenters. The smallest absolute Gasteiger partial charge is 0.306 e. The standard InChI is InChI=1S/C53H93NO7/c1-6-8-10-12-14-16-18-20-22-23-24-25-26-27-28-30-31-33-35-37-39-41-43-51(55)60-48-49(47-59-46-45-50(53(57)58)54(3,4)5)61-52(56)44-42-40-38-36-34-32-29-21-19-17-15-13-11-9-7-2/h8,10,14,16,20,22,24-25,27-28,49-50H,6-7,9,11-13,15,17-19,21,23,26,29-48H2,1-5H3/b10-8+,16-14+,22-20+,25-24+,28-27+. The molecule has 352 valence electrons. The van der Waals surface area contributed by atoms with Crippen molar-refractivity contribution in [2.75, 3.05) is 41.0 Å². The van der Waals surface area contributed by atoms with Gasteiger partial charge < -0.3 is 28.6 Å². The van der Waals surface area contributed by atoms with Gasteiger partial charge in [0, 0.05) is 19.3 Å². The quantitative estimate of drug-likeness (QED) is 0.0260. The minimum atomic E-state index is -1.13. The molecular formula is C53H93NO7. The van der Waals surface area contributed by atoms with Crippen LogP contribution in [0.1, 0.15) is 206 Å². The predicted molar refractivity (Wildman–Crippen MR) is 254 cm³/mol. The summed E-state index contributed by atoms with van der Waals surface area (Å²) in [6.07, 6.45) is 53.8. The SMILES string of the molecule is CC/C=C/C/C=C/C/C=C/C/C=C/C/C=C/CCCCCCCCC(=O)OCC(COCCC(C(=O)[O-])[N+](C)(C)C)OC(=O)CCCCCCCCCCCCCCCCC. The van der Waals surface area contributed by atoms with E-state index in [1.54, 1.807) is 21.1 Å². The minimum absolute atomic E-state index is 0.0361. The molecule has 0 heterocycles. The van der Waals surface area contributed by atoms with E-state index in [4.69, 9.17) is 14.2 Å². The van der Waals surface area contributed by atoms with Crippen LogP contribution in [0.4, 0.5) is 0 Å². The third-order valence-electron chi connectivity index (χ3n) is 10.9. The molecule has 0 aromatic heterocycles. The molecule has 0 rings (SSSR count). The highest BCUT2D eigenvalue weighted by Gasteiger charge is 2.25. The molecule has 0 bridgehead atoms. The van der Waals surface area contributed by atoms with Crippen molar-refractivity contribution in [2.24, 2.45) is 0 Å². The van der Waals surface area contributed by atoms with Crippen LogP contribution in [-0.2, 0) is 28.6 Å². The minimum Gasteiger partial charge on any atom is -0.544 e. The number of allylic oxidation sites excluding steroid dienone is 10. The summed E-state index contributed by atoms with van der Waals surface area (Å²) in [6, 6.07) is -0.729. The maximum atomic E-state index is 12.8. The zero-order valence-electron chi connectivity index (χ0n) is 40.1. The number of carbonyl (C=O) groups is 3. The molecule has 0 N–H and O–H groups in total. The Morgan fingerprint density at radius 2 is 0.918 bits per heavy atom. The van der Waals surface area contributed by atoms with Crippen molar-refractivity contribution in [3.63, 3.8) is 0 Å². The number of quaternary nitrogens is 1. The van der Waals surface area contributed by atoms with Crippen molar-refractivity contribution in [2.45, 2.75) is 219 Å². The fraction of sp³-hybridized carbons (Fsp3) is 0.755. The number of hydrogen-bond donors (Lipinski definition) is 0. The van der Waals surface area contributed by atoms with E-state index in [2.05, 4.69) is 74.6 Å². The van der Waals surface area contributed by atoms with Crippen LogP contribution in [0.15, 0.2) is 60.8 Å². The van der Waals surface area contributed by atoms with Crippen LogP contribution < -0.4 is 5.11 Å². The number of carbonyl (C=O) groups excluding carboxylic acids is 3. The summed E-state index contributed by atoms with van der Waals surface area (Å²) in [7, 11) is 5.41. The number of carboxylic acid groups (broad SMARTS) is 1. The molecule has 0 fully saturated rings. The van der Waals surface area contributed by atoms with Gasteiger partial charge in [0.2, 0.25) is 0 Å².